The van der Waals surface area contributed by atoms with Crippen molar-refractivity contribution in [1.29, 1.82) is 0 Å². The molecule has 0 radical (unpaired) electrons. The maximum atomic E-state index is 5.38. The van der Waals surface area contributed by atoms with Gasteiger partial charge in [0.1, 0.15) is 5.82 Å². The Hall–Kier alpha value is -2.10. The van der Waals surface area contributed by atoms with Crippen molar-refractivity contribution in [2.75, 3.05) is 0 Å². The Bertz CT molecular complexity index is 485. The number of aryl methyl sites for hydroxylation is 1. The average molecular weight is 200 g/mol. The monoisotopic (exact) mass is 200 g/mol. The van der Waals surface area contributed by atoms with Crippen molar-refractivity contribution >= 4 is 6.08 Å². The number of nitrogens with two attached hydrogens (primary N) is 1. The highest BCUT2D eigenvalue weighted by Gasteiger charge is 2.06. The van der Waals surface area contributed by atoms with Gasteiger partial charge in [-0.25, -0.2) is 4.98 Å². The Labute approximate surface area is 87.9 Å². The zero-order valence-corrected chi connectivity index (χ0v) is 8.44. The van der Waals surface area contributed by atoms with Crippen LogP contribution in [0, 0.1) is 6.92 Å². The third-order valence-electron chi connectivity index (χ3n) is 2.07. The van der Waals surface area contributed by atoms with E-state index in [2.05, 4.69) is 15.2 Å². The molecule has 4 nitrogen and oxygen atoms in total. The van der Waals surface area contributed by atoms with E-state index in [1.165, 1.54) is 6.20 Å². The predicted octanol–water partition coefficient (Wildman–Crippen LogP) is 1.71. The molecular formula is C11H12N4. The first kappa shape index (κ1) is 9.45. The molecule has 0 aliphatic rings. The molecule has 15 heavy (non-hydrogen) atoms. The van der Waals surface area contributed by atoms with Crippen molar-refractivity contribution in [2.45, 2.75) is 6.92 Å². The first-order chi connectivity index (χ1) is 7.31. The lowest BCUT2D eigenvalue weighted by Crippen LogP contribution is -1.86. The number of hydrogen-bond acceptors (Lipinski definition) is 3. The number of hydrogen-bond donors (Lipinski definition) is 2. The fourth-order valence-corrected chi connectivity index (χ4v) is 1.41. The maximum Gasteiger partial charge on any atom is 0.181 e. The molecule has 4 heteroatoms. The molecule has 1 aromatic carbocycles. The third kappa shape index (κ3) is 1.88. The van der Waals surface area contributed by atoms with E-state index >= 15 is 0 Å². The SMILES string of the molecule is Cc1nc(-c2ccccc2/C=C\N)n[nH]1. The van der Waals surface area contributed by atoms with Crippen LogP contribution in [0.15, 0.2) is 30.5 Å². The fraction of sp³-hybridized carbons (Fsp3) is 0.0909. The molecule has 0 spiro atoms. The molecule has 2 rings (SSSR count). The average Bonchev–Trinajstić information content (AvgIpc) is 2.66. The van der Waals surface area contributed by atoms with Crippen LogP contribution >= 0.6 is 0 Å². The van der Waals surface area contributed by atoms with Crippen LogP contribution in [0.2, 0.25) is 0 Å². The summed E-state index contributed by atoms with van der Waals surface area (Å²) >= 11 is 0. The molecule has 0 saturated heterocycles. The molecule has 1 heterocycles. The smallest absolute Gasteiger partial charge is 0.181 e. The second-order valence-corrected chi connectivity index (χ2v) is 3.19. The summed E-state index contributed by atoms with van der Waals surface area (Å²) in [5.74, 6) is 1.50. The van der Waals surface area contributed by atoms with Crippen LogP contribution in [-0.2, 0) is 0 Å². The first-order valence-corrected chi connectivity index (χ1v) is 4.68. The second-order valence-electron chi connectivity index (χ2n) is 3.19. The van der Waals surface area contributed by atoms with E-state index in [9.17, 15) is 0 Å². The third-order valence-corrected chi connectivity index (χ3v) is 2.07. The zero-order valence-electron chi connectivity index (χ0n) is 8.44. The topological polar surface area (TPSA) is 67.6 Å². The van der Waals surface area contributed by atoms with Crippen LogP contribution < -0.4 is 5.73 Å². The van der Waals surface area contributed by atoms with Crippen molar-refractivity contribution in [2.24, 2.45) is 5.73 Å². The van der Waals surface area contributed by atoms with Gasteiger partial charge in [-0.2, -0.15) is 5.10 Å². The normalized spacial score (nSPS) is 11.0. The molecule has 0 bridgehead atoms. The molecule has 0 saturated carbocycles. The van der Waals surface area contributed by atoms with Gasteiger partial charge in [0.2, 0.25) is 0 Å². The first-order valence-electron chi connectivity index (χ1n) is 4.68. The Balaban J connectivity index is 2.52. The maximum absolute atomic E-state index is 5.38. The summed E-state index contributed by atoms with van der Waals surface area (Å²) < 4.78 is 0. The van der Waals surface area contributed by atoms with E-state index in [1.807, 2.05) is 37.3 Å². The van der Waals surface area contributed by atoms with Gasteiger partial charge < -0.3 is 5.73 Å². The van der Waals surface area contributed by atoms with Gasteiger partial charge in [-0.1, -0.05) is 24.3 Å². The molecule has 2 aromatic rings. The van der Waals surface area contributed by atoms with E-state index in [0.717, 1.165) is 17.0 Å². The Morgan fingerprint density at radius 2 is 2.13 bits per heavy atom. The van der Waals surface area contributed by atoms with Crippen LogP contribution in [0.4, 0.5) is 0 Å². The van der Waals surface area contributed by atoms with Gasteiger partial charge in [0.05, 0.1) is 0 Å². The summed E-state index contributed by atoms with van der Waals surface area (Å²) in [6, 6.07) is 7.86. The van der Waals surface area contributed by atoms with Gasteiger partial charge in [-0.05, 0) is 24.8 Å². The number of benzene rings is 1. The number of aromatic amines is 1. The lowest BCUT2D eigenvalue weighted by molar-refractivity contribution is 1.04. The summed E-state index contributed by atoms with van der Waals surface area (Å²) in [5.41, 5.74) is 7.37. The number of H-pyrrole nitrogens is 1. The highest BCUT2D eigenvalue weighted by atomic mass is 15.2. The van der Waals surface area contributed by atoms with Gasteiger partial charge in [-0.15, -0.1) is 0 Å². The molecule has 0 amide bonds. The van der Waals surface area contributed by atoms with E-state index in [0.29, 0.717) is 5.82 Å². The summed E-state index contributed by atoms with van der Waals surface area (Å²) in [6.07, 6.45) is 3.35. The molecule has 0 aliphatic heterocycles. The van der Waals surface area contributed by atoms with Crippen LogP contribution in [0.25, 0.3) is 17.5 Å². The summed E-state index contributed by atoms with van der Waals surface area (Å²) in [5, 5.41) is 6.94. The van der Waals surface area contributed by atoms with Gasteiger partial charge in [0, 0.05) is 5.56 Å². The highest BCUT2D eigenvalue weighted by molar-refractivity contribution is 5.70. The van der Waals surface area contributed by atoms with E-state index < -0.39 is 0 Å². The van der Waals surface area contributed by atoms with Crippen molar-refractivity contribution < 1.29 is 0 Å². The predicted molar refractivity (Wildman–Crippen MR) is 59.8 cm³/mol. The van der Waals surface area contributed by atoms with Crippen LogP contribution in [-0.4, -0.2) is 15.2 Å². The molecule has 76 valence electrons. The number of nitrogens with one attached hydrogen (secondary N) is 1. The lowest BCUT2D eigenvalue weighted by Gasteiger charge is -2.00. The summed E-state index contributed by atoms with van der Waals surface area (Å²) in [4.78, 5) is 4.28. The Kier molecular flexibility index (Phi) is 2.49. The molecular weight excluding hydrogens is 188 g/mol. The Morgan fingerprint density at radius 3 is 2.80 bits per heavy atom. The van der Waals surface area contributed by atoms with E-state index in [4.69, 9.17) is 5.73 Å². The summed E-state index contributed by atoms with van der Waals surface area (Å²) in [6.45, 7) is 1.87. The van der Waals surface area contributed by atoms with Crippen molar-refractivity contribution in [3.8, 4) is 11.4 Å². The number of nitrogens with zero attached hydrogens (tertiary/aromatic N) is 2. The molecule has 0 atom stereocenters. The van der Waals surface area contributed by atoms with E-state index in [1.54, 1.807) is 0 Å². The molecule has 0 unspecified atom stereocenters. The van der Waals surface area contributed by atoms with Crippen LogP contribution in [0.5, 0.6) is 0 Å². The minimum atomic E-state index is 0.696. The number of rotatable bonds is 2. The van der Waals surface area contributed by atoms with Crippen LogP contribution in [0.1, 0.15) is 11.4 Å². The minimum absolute atomic E-state index is 0.696. The van der Waals surface area contributed by atoms with Gasteiger partial charge in [-0.3, -0.25) is 5.10 Å². The largest absolute Gasteiger partial charge is 0.405 e. The molecule has 3 N–H and O–H groups in total. The zero-order chi connectivity index (χ0) is 10.7. The quantitative estimate of drug-likeness (QED) is 0.775. The van der Waals surface area contributed by atoms with Crippen LogP contribution in [0.3, 0.4) is 0 Å². The molecule has 0 aliphatic carbocycles. The minimum Gasteiger partial charge on any atom is -0.405 e. The molecule has 0 fully saturated rings. The van der Waals surface area contributed by atoms with Gasteiger partial charge >= 0.3 is 0 Å². The molecule has 1 aromatic heterocycles. The standard InChI is InChI=1S/C11H12N4/c1-8-13-11(15-14-8)10-5-3-2-4-9(10)6-7-12/h2-7H,12H2,1H3,(H,13,14,15)/b7-6-. The van der Waals surface area contributed by atoms with Crippen molar-refractivity contribution in [1.82, 2.24) is 15.2 Å². The van der Waals surface area contributed by atoms with Crippen molar-refractivity contribution in [3.05, 3.63) is 41.9 Å². The van der Waals surface area contributed by atoms with Gasteiger partial charge in [0.15, 0.2) is 5.82 Å². The highest BCUT2D eigenvalue weighted by Crippen LogP contribution is 2.20. The van der Waals surface area contributed by atoms with Gasteiger partial charge in [0.25, 0.3) is 0 Å². The lowest BCUT2D eigenvalue weighted by atomic mass is 10.1. The fourth-order valence-electron chi connectivity index (χ4n) is 1.41. The van der Waals surface area contributed by atoms with Crippen molar-refractivity contribution in [3.63, 3.8) is 0 Å². The number of aromatic nitrogens is 3. The summed E-state index contributed by atoms with van der Waals surface area (Å²) in [7, 11) is 0. The Morgan fingerprint density at radius 1 is 1.33 bits per heavy atom. The van der Waals surface area contributed by atoms with E-state index in [-0.39, 0.29) is 0 Å². The second kappa shape index (κ2) is 3.96.